The molecule has 0 radical (unpaired) electrons. The molecule has 3 N–H and O–H groups in total. The van der Waals surface area contributed by atoms with Crippen LogP contribution in [0.3, 0.4) is 0 Å². The Labute approximate surface area is 129 Å². The number of para-hydroxylation sites is 1. The number of nitrogens with one attached hydrogen (secondary N) is 3. The van der Waals surface area contributed by atoms with E-state index in [1.807, 2.05) is 23.5 Å². The molecule has 1 aromatic carbocycles. The summed E-state index contributed by atoms with van der Waals surface area (Å²) in [6.07, 6.45) is -0.0944. The lowest BCUT2D eigenvalue weighted by Gasteiger charge is -2.24. The lowest BCUT2D eigenvalue weighted by molar-refractivity contribution is -0.127. The van der Waals surface area contributed by atoms with E-state index in [0.717, 1.165) is 15.6 Å². The normalized spacial score (nSPS) is 20.3. The van der Waals surface area contributed by atoms with Crippen LogP contribution in [0, 0.1) is 0 Å². The SMILES string of the molecule is O=C1CN(NC(=O)C[C@H]2Sc3ccccc3NC2=O)C(=O)N1. The summed E-state index contributed by atoms with van der Waals surface area (Å²) < 4.78 is 0. The van der Waals surface area contributed by atoms with Crippen molar-refractivity contribution in [2.75, 3.05) is 11.9 Å². The number of hydrogen-bond donors (Lipinski definition) is 3. The van der Waals surface area contributed by atoms with Crippen molar-refractivity contribution in [1.29, 1.82) is 0 Å². The van der Waals surface area contributed by atoms with Gasteiger partial charge in [-0.2, -0.15) is 0 Å². The Balaban J connectivity index is 1.61. The second kappa shape index (κ2) is 5.68. The molecule has 0 aliphatic carbocycles. The number of hydrazine groups is 1. The van der Waals surface area contributed by atoms with E-state index in [1.165, 1.54) is 11.8 Å². The number of imide groups is 1. The zero-order chi connectivity index (χ0) is 15.7. The van der Waals surface area contributed by atoms with Crippen molar-refractivity contribution in [2.24, 2.45) is 0 Å². The Hall–Kier alpha value is -2.55. The largest absolute Gasteiger partial charge is 0.343 e. The zero-order valence-electron chi connectivity index (χ0n) is 11.3. The van der Waals surface area contributed by atoms with Crippen LogP contribution in [0.2, 0.25) is 0 Å². The monoisotopic (exact) mass is 320 g/mol. The summed E-state index contributed by atoms with van der Waals surface area (Å²) in [5.41, 5.74) is 3.04. The van der Waals surface area contributed by atoms with Crippen molar-refractivity contribution in [2.45, 2.75) is 16.6 Å². The maximum Gasteiger partial charge on any atom is 0.343 e. The number of urea groups is 1. The van der Waals surface area contributed by atoms with Crippen molar-refractivity contribution < 1.29 is 19.2 Å². The van der Waals surface area contributed by atoms with Gasteiger partial charge in [-0.1, -0.05) is 12.1 Å². The molecule has 1 aromatic rings. The van der Waals surface area contributed by atoms with Crippen LogP contribution in [-0.2, 0) is 14.4 Å². The third-order valence-electron chi connectivity index (χ3n) is 3.13. The van der Waals surface area contributed by atoms with Crippen LogP contribution >= 0.6 is 11.8 Å². The predicted octanol–water partition coefficient (Wildman–Crippen LogP) is 0.0725. The van der Waals surface area contributed by atoms with Gasteiger partial charge in [0.1, 0.15) is 6.54 Å². The molecule has 0 bridgehead atoms. The molecular formula is C13H12N4O4S. The quantitative estimate of drug-likeness (QED) is 0.683. The van der Waals surface area contributed by atoms with Crippen molar-refractivity contribution in [1.82, 2.24) is 15.8 Å². The standard InChI is InChI=1S/C13H12N4O4S/c18-10(16-17-6-11(19)15-13(17)21)5-9-12(20)14-7-3-1-2-4-8(7)22-9/h1-4,9H,5-6H2,(H,14,20)(H,16,18)(H,15,19,21)/t9-/m1/s1. The number of nitrogens with zero attached hydrogens (tertiary/aromatic N) is 1. The first-order valence-corrected chi connectivity index (χ1v) is 7.38. The molecule has 1 fully saturated rings. The average Bonchev–Trinajstić information content (AvgIpc) is 2.77. The molecule has 2 heterocycles. The third kappa shape index (κ3) is 2.89. The van der Waals surface area contributed by atoms with Crippen LogP contribution in [0.5, 0.6) is 0 Å². The smallest absolute Gasteiger partial charge is 0.324 e. The molecule has 22 heavy (non-hydrogen) atoms. The lowest BCUT2D eigenvalue weighted by Crippen LogP contribution is -2.46. The van der Waals surface area contributed by atoms with Crippen molar-refractivity contribution >= 4 is 41.2 Å². The second-order valence-electron chi connectivity index (χ2n) is 4.77. The van der Waals surface area contributed by atoms with E-state index < -0.39 is 23.1 Å². The van der Waals surface area contributed by atoms with E-state index in [9.17, 15) is 19.2 Å². The number of anilines is 1. The van der Waals surface area contributed by atoms with Gasteiger partial charge in [0.05, 0.1) is 10.9 Å². The number of carbonyl (C=O) groups is 4. The minimum atomic E-state index is -0.676. The van der Waals surface area contributed by atoms with Gasteiger partial charge in [-0.15, -0.1) is 11.8 Å². The highest BCUT2D eigenvalue weighted by atomic mass is 32.2. The van der Waals surface area contributed by atoms with Gasteiger partial charge in [-0.25, -0.2) is 9.80 Å². The Kier molecular flexibility index (Phi) is 3.72. The van der Waals surface area contributed by atoms with E-state index in [2.05, 4.69) is 10.7 Å². The molecule has 5 amide bonds. The topological polar surface area (TPSA) is 108 Å². The molecule has 0 unspecified atom stereocenters. The molecule has 114 valence electrons. The van der Waals surface area contributed by atoms with Gasteiger partial charge in [-0.05, 0) is 12.1 Å². The number of benzene rings is 1. The Morgan fingerprint density at radius 2 is 2.05 bits per heavy atom. The minimum Gasteiger partial charge on any atom is -0.324 e. The van der Waals surface area contributed by atoms with Crippen molar-refractivity contribution in [3.05, 3.63) is 24.3 Å². The fourth-order valence-corrected chi connectivity index (χ4v) is 3.23. The van der Waals surface area contributed by atoms with Crippen LogP contribution in [0.4, 0.5) is 10.5 Å². The number of hydrogen-bond acceptors (Lipinski definition) is 5. The molecule has 1 saturated heterocycles. The minimum absolute atomic E-state index is 0.0944. The van der Waals surface area contributed by atoms with E-state index >= 15 is 0 Å². The third-order valence-corrected chi connectivity index (χ3v) is 4.41. The van der Waals surface area contributed by atoms with Crippen LogP contribution in [0.15, 0.2) is 29.2 Å². The molecule has 0 saturated carbocycles. The summed E-state index contributed by atoms with van der Waals surface area (Å²) in [6.45, 7) is -0.225. The molecule has 1 atom stereocenters. The van der Waals surface area contributed by atoms with E-state index in [0.29, 0.717) is 0 Å². The molecule has 0 aromatic heterocycles. The maximum atomic E-state index is 12.0. The molecule has 0 spiro atoms. The van der Waals surface area contributed by atoms with Crippen molar-refractivity contribution in [3.8, 4) is 0 Å². The van der Waals surface area contributed by atoms with Gasteiger partial charge in [0.15, 0.2) is 0 Å². The first kappa shape index (κ1) is 14.4. The molecule has 2 aliphatic heterocycles. The second-order valence-corrected chi connectivity index (χ2v) is 6.02. The maximum absolute atomic E-state index is 12.0. The highest BCUT2D eigenvalue weighted by Crippen LogP contribution is 2.36. The molecule has 3 rings (SSSR count). The van der Waals surface area contributed by atoms with E-state index in [4.69, 9.17) is 0 Å². The number of thioether (sulfide) groups is 1. The summed E-state index contributed by atoms with van der Waals surface area (Å²) in [7, 11) is 0. The Morgan fingerprint density at radius 1 is 1.27 bits per heavy atom. The summed E-state index contributed by atoms with van der Waals surface area (Å²) in [5, 5.41) is 5.09. The fourth-order valence-electron chi connectivity index (χ4n) is 2.12. The van der Waals surface area contributed by atoms with Gasteiger partial charge in [0, 0.05) is 11.3 Å². The summed E-state index contributed by atoms with van der Waals surface area (Å²) in [5.74, 6) is -1.25. The van der Waals surface area contributed by atoms with Gasteiger partial charge in [0.25, 0.3) is 0 Å². The number of rotatable bonds is 3. The zero-order valence-corrected chi connectivity index (χ0v) is 12.1. The van der Waals surface area contributed by atoms with Crippen LogP contribution in [-0.4, -0.2) is 40.6 Å². The lowest BCUT2D eigenvalue weighted by atomic mass is 10.2. The molecule has 8 nitrogen and oxygen atoms in total. The van der Waals surface area contributed by atoms with Gasteiger partial charge >= 0.3 is 6.03 Å². The summed E-state index contributed by atoms with van der Waals surface area (Å²) >= 11 is 1.29. The van der Waals surface area contributed by atoms with Crippen LogP contribution in [0.25, 0.3) is 0 Å². The van der Waals surface area contributed by atoms with Crippen molar-refractivity contribution in [3.63, 3.8) is 0 Å². The van der Waals surface area contributed by atoms with E-state index in [-0.39, 0.29) is 18.9 Å². The van der Waals surface area contributed by atoms with Gasteiger partial charge in [0.2, 0.25) is 17.7 Å². The van der Waals surface area contributed by atoms with Crippen LogP contribution in [0.1, 0.15) is 6.42 Å². The first-order valence-electron chi connectivity index (χ1n) is 6.50. The van der Waals surface area contributed by atoms with E-state index in [1.54, 1.807) is 6.07 Å². The number of carbonyl (C=O) groups excluding carboxylic acids is 4. The molecular weight excluding hydrogens is 308 g/mol. The summed E-state index contributed by atoms with van der Waals surface area (Å²) in [6, 6.07) is 6.63. The number of amides is 5. The fraction of sp³-hybridized carbons (Fsp3) is 0.231. The highest BCUT2D eigenvalue weighted by molar-refractivity contribution is 8.01. The Morgan fingerprint density at radius 3 is 2.77 bits per heavy atom. The molecule has 9 heteroatoms. The predicted molar refractivity (Wildman–Crippen MR) is 77.7 cm³/mol. The average molecular weight is 320 g/mol. The molecule has 2 aliphatic rings. The van der Waals surface area contributed by atoms with Gasteiger partial charge in [-0.3, -0.25) is 25.1 Å². The first-order chi connectivity index (χ1) is 10.5. The highest BCUT2D eigenvalue weighted by Gasteiger charge is 2.32. The number of fused-ring (bicyclic) bond motifs is 1. The van der Waals surface area contributed by atoms with Gasteiger partial charge < -0.3 is 5.32 Å². The Bertz CT molecular complexity index is 678. The summed E-state index contributed by atoms with van der Waals surface area (Å²) in [4.78, 5) is 47.2. The van der Waals surface area contributed by atoms with Crippen LogP contribution < -0.4 is 16.1 Å².